The second-order valence-electron chi connectivity index (χ2n) is 4.92. The van der Waals surface area contributed by atoms with Gasteiger partial charge in [-0.3, -0.25) is 0 Å². The van der Waals surface area contributed by atoms with E-state index in [2.05, 4.69) is 50.5 Å². The van der Waals surface area contributed by atoms with Crippen molar-refractivity contribution in [1.29, 1.82) is 0 Å². The lowest BCUT2D eigenvalue weighted by Crippen LogP contribution is -2.06. The van der Waals surface area contributed by atoms with Gasteiger partial charge < -0.3 is 4.57 Å². The van der Waals surface area contributed by atoms with Crippen molar-refractivity contribution in [1.82, 2.24) is 29.7 Å². The van der Waals surface area contributed by atoms with Gasteiger partial charge in [-0.2, -0.15) is 0 Å². The summed E-state index contributed by atoms with van der Waals surface area (Å²) in [6.45, 7) is 7.31. The van der Waals surface area contributed by atoms with Gasteiger partial charge in [0, 0.05) is 12.5 Å². The first-order chi connectivity index (χ1) is 9.70. The van der Waals surface area contributed by atoms with Crippen LogP contribution in [0.2, 0.25) is 0 Å². The summed E-state index contributed by atoms with van der Waals surface area (Å²) < 4.78 is 2.16. The Labute approximate surface area is 120 Å². The maximum atomic E-state index is 4.57. The summed E-state index contributed by atoms with van der Waals surface area (Å²) in [6.07, 6.45) is 4.31. The Hall–Kier alpha value is -1.89. The third kappa shape index (κ3) is 2.18. The van der Waals surface area contributed by atoms with Crippen molar-refractivity contribution < 1.29 is 0 Å². The molecule has 0 N–H and O–H groups in total. The van der Waals surface area contributed by atoms with E-state index >= 15 is 0 Å². The molecule has 0 unspecified atom stereocenters. The predicted molar refractivity (Wildman–Crippen MR) is 78.6 cm³/mol. The summed E-state index contributed by atoms with van der Waals surface area (Å²) >= 11 is 1.53. The summed E-state index contributed by atoms with van der Waals surface area (Å²) in [5.74, 6) is 2.18. The molecular formula is C13H16N6S. The number of fused-ring (bicyclic) bond motifs is 1. The molecule has 3 rings (SSSR count). The minimum Gasteiger partial charge on any atom is -0.309 e. The van der Waals surface area contributed by atoms with Crippen LogP contribution in [0.5, 0.6) is 0 Å². The van der Waals surface area contributed by atoms with Gasteiger partial charge in [-0.25, -0.2) is 15.0 Å². The van der Waals surface area contributed by atoms with Gasteiger partial charge in [-0.05, 0) is 6.42 Å². The monoisotopic (exact) mass is 288 g/mol. The van der Waals surface area contributed by atoms with E-state index < -0.39 is 0 Å². The van der Waals surface area contributed by atoms with Crippen LogP contribution in [0.1, 0.15) is 38.9 Å². The van der Waals surface area contributed by atoms with Gasteiger partial charge in [-0.1, -0.05) is 32.1 Å². The first kappa shape index (κ1) is 13.1. The largest absolute Gasteiger partial charge is 0.309 e. The average Bonchev–Trinajstić information content (AvgIpc) is 3.01. The number of aromatic nitrogens is 6. The van der Waals surface area contributed by atoms with E-state index in [9.17, 15) is 0 Å². The average molecular weight is 288 g/mol. The Morgan fingerprint density at radius 3 is 2.85 bits per heavy atom. The topological polar surface area (TPSA) is 69.4 Å². The molecule has 6 nitrogen and oxygen atoms in total. The van der Waals surface area contributed by atoms with E-state index in [1.165, 1.54) is 11.3 Å². The highest BCUT2D eigenvalue weighted by Gasteiger charge is 2.18. The fraction of sp³-hybridized carbons (Fsp3) is 0.462. The summed E-state index contributed by atoms with van der Waals surface area (Å²) in [7, 11) is 0. The second-order valence-corrected chi connectivity index (χ2v) is 5.90. The van der Waals surface area contributed by atoms with Crippen LogP contribution >= 0.6 is 11.3 Å². The molecule has 0 amide bonds. The zero-order valence-corrected chi connectivity index (χ0v) is 12.6. The van der Waals surface area contributed by atoms with E-state index in [-0.39, 0.29) is 0 Å². The van der Waals surface area contributed by atoms with Crippen molar-refractivity contribution in [3.8, 4) is 10.8 Å². The summed E-state index contributed by atoms with van der Waals surface area (Å²) in [6, 6.07) is 0. The standard InChI is InChI=1S/C13H16N6S/c1-4-5-19-10(8(2)3)17-18-11(19)13-16-9-6-14-7-15-12(9)20-13/h6-8H,4-5H2,1-3H3. The van der Waals surface area contributed by atoms with Crippen molar-refractivity contribution in [3.05, 3.63) is 18.3 Å². The molecule has 0 bridgehead atoms. The Balaban J connectivity index is 2.13. The van der Waals surface area contributed by atoms with Gasteiger partial charge in [0.2, 0.25) is 0 Å². The van der Waals surface area contributed by atoms with Crippen molar-refractivity contribution in [2.24, 2.45) is 0 Å². The predicted octanol–water partition coefficient (Wildman–Crippen LogP) is 2.88. The van der Waals surface area contributed by atoms with Gasteiger partial charge >= 0.3 is 0 Å². The molecule has 0 fully saturated rings. The smallest absolute Gasteiger partial charge is 0.193 e. The highest BCUT2D eigenvalue weighted by Crippen LogP contribution is 2.29. The zero-order valence-electron chi connectivity index (χ0n) is 11.7. The summed E-state index contributed by atoms with van der Waals surface area (Å²) in [5.41, 5.74) is 0.810. The zero-order chi connectivity index (χ0) is 14.1. The quantitative estimate of drug-likeness (QED) is 0.738. The van der Waals surface area contributed by atoms with Gasteiger partial charge in [-0.15, -0.1) is 10.2 Å². The Bertz CT molecular complexity index is 696. The van der Waals surface area contributed by atoms with E-state index in [4.69, 9.17) is 0 Å². The van der Waals surface area contributed by atoms with Crippen LogP contribution in [-0.2, 0) is 6.54 Å². The van der Waals surface area contributed by atoms with Crippen LogP contribution in [-0.4, -0.2) is 29.7 Å². The summed E-state index contributed by atoms with van der Waals surface area (Å²) in [4.78, 5) is 13.7. The maximum absolute atomic E-state index is 4.57. The Kier molecular flexibility index (Phi) is 3.43. The van der Waals surface area contributed by atoms with Crippen LogP contribution in [0.15, 0.2) is 12.5 Å². The molecule has 0 saturated carbocycles. The number of hydrogen-bond donors (Lipinski definition) is 0. The highest BCUT2D eigenvalue weighted by atomic mass is 32.1. The number of rotatable bonds is 4. The first-order valence-corrected chi connectivity index (χ1v) is 7.52. The molecule has 3 aromatic rings. The Morgan fingerprint density at radius 1 is 1.30 bits per heavy atom. The molecule has 3 heterocycles. The maximum Gasteiger partial charge on any atom is 0.193 e. The molecule has 20 heavy (non-hydrogen) atoms. The Morgan fingerprint density at radius 2 is 2.15 bits per heavy atom. The lowest BCUT2D eigenvalue weighted by atomic mass is 10.2. The van der Waals surface area contributed by atoms with E-state index in [0.717, 1.165) is 40.0 Å². The minimum atomic E-state index is 0.344. The summed E-state index contributed by atoms with van der Waals surface area (Å²) in [5, 5.41) is 9.51. The van der Waals surface area contributed by atoms with Gasteiger partial charge in [0.05, 0.1) is 6.20 Å². The van der Waals surface area contributed by atoms with Crippen molar-refractivity contribution in [2.75, 3.05) is 0 Å². The highest BCUT2D eigenvalue weighted by molar-refractivity contribution is 7.21. The molecule has 0 aliphatic rings. The van der Waals surface area contributed by atoms with Crippen molar-refractivity contribution >= 4 is 21.7 Å². The molecular weight excluding hydrogens is 272 g/mol. The van der Waals surface area contributed by atoms with Gasteiger partial charge in [0.1, 0.15) is 22.5 Å². The van der Waals surface area contributed by atoms with Crippen LogP contribution in [0, 0.1) is 0 Å². The first-order valence-electron chi connectivity index (χ1n) is 6.70. The van der Waals surface area contributed by atoms with Crippen LogP contribution in [0.3, 0.4) is 0 Å². The molecule has 3 aromatic heterocycles. The fourth-order valence-electron chi connectivity index (χ4n) is 2.13. The fourth-order valence-corrected chi connectivity index (χ4v) is 3.00. The third-order valence-corrected chi connectivity index (χ3v) is 3.98. The van der Waals surface area contributed by atoms with Crippen molar-refractivity contribution in [2.45, 2.75) is 39.7 Å². The molecule has 0 spiro atoms. The van der Waals surface area contributed by atoms with E-state index in [0.29, 0.717) is 5.92 Å². The molecule has 0 aromatic carbocycles. The molecule has 0 aliphatic heterocycles. The molecule has 0 atom stereocenters. The number of hydrogen-bond acceptors (Lipinski definition) is 6. The molecule has 0 saturated heterocycles. The number of thiazole rings is 1. The van der Waals surface area contributed by atoms with Crippen molar-refractivity contribution in [3.63, 3.8) is 0 Å². The normalized spacial score (nSPS) is 11.6. The SMILES string of the molecule is CCCn1c(-c2nc3cncnc3s2)nnc1C(C)C. The van der Waals surface area contributed by atoms with Crippen LogP contribution in [0.25, 0.3) is 21.2 Å². The van der Waals surface area contributed by atoms with E-state index in [1.807, 2.05) is 0 Å². The minimum absolute atomic E-state index is 0.344. The molecule has 0 radical (unpaired) electrons. The van der Waals surface area contributed by atoms with Gasteiger partial charge in [0.25, 0.3) is 0 Å². The molecule has 0 aliphatic carbocycles. The lowest BCUT2D eigenvalue weighted by Gasteiger charge is -2.09. The van der Waals surface area contributed by atoms with Gasteiger partial charge in [0.15, 0.2) is 10.8 Å². The van der Waals surface area contributed by atoms with Crippen LogP contribution in [0.4, 0.5) is 0 Å². The van der Waals surface area contributed by atoms with Crippen LogP contribution < -0.4 is 0 Å². The lowest BCUT2D eigenvalue weighted by molar-refractivity contribution is 0.614. The molecule has 104 valence electrons. The molecule has 7 heteroatoms. The second kappa shape index (κ2) is 5.24. The number of nitrogens with zero attached hydrogens (tertiary/aromatic N) is 6. The third-order valence-electron chi connectivity index (χ3n) is 3.01. The van der Waals surface area contributed by atoms with E-state index in [1.54, 1.807) is 12.5 Å².